The predicted molar refractivity (Wildman–Crippen MR) is 216 cm³/mol. The number of methoxy groups -OCH3 is 3. The van der Waals surface area contributed by atoms with Gasteiger partial charge in [-0.25, -0.2) is 4.79 Å². The van der Waals surface area contributed by atoms with Gasteiger partial charge in [0.15, 0.2) is 11.5 Å². The molecule has 3 amide bonds. The van der Waals surface area contributed by atoms with Gasteiger partial charge in [-0.2, -0.15) is 0 Å². The summed E-state index contributed by atoms with van der Waals surface area (Å²) in [5, 5.41) is 9.04. The molecule has 6 rings (SSSR count). The van der Waals surface area contributed by atoms with Gasteiger partial charge in [0.05, 0.1) is 32.6 Å². The number of esters is 1. The zero-order valence-corrected chi connectivity index (χ0v) is 32.2. The number of thioether (sulfide) groups is 1. The molecule has 2 heterocycles. The van der Waals surface area contributed by atoms with Crippen LogP contribution in [0.15, 0.2) is 114 Å². The van der Waals surface area contributed by atoms with Crippen LogP contribution in [0.1, 0.15) is 42.3 Å². The van der Waals surface area contributed by atoms with E-state index in [1.807, 2.05) is 24.3 Å². The van der Waals surface area contributed by atoms with Crippen LogP contribution >= 0.6 is 23.1 Å². The van der Waals surface area contributed by atoms with E-state index in [0.29, 0.717) is 51.8 Å². The van der Waals surface area contributed by atoms with Crippen LogP contribution < -0.4 is 25.4 Å². The van der Waals surface area contributed by atoms with Crippen molar-refractivity contribution in [2.75, 3.05) is 44.3 Å². The molecule has 0 saturated carbocycles. The van der Waals surface area contributed by atoms with Crippen LogP contribution in [0.25, 0.3) is 6.08 Å². The molecule has 1 aliphatic rings. The standard InChI is InChI=1S/C42H40N4O7S2/c1-51-34-18-17-28(22-35(34)52-2)21-33(44-39(48)29-13-8-5-9-14-29)40(49)43-30-15-10-16-31(23-30)54-26-37(47)45-41-38(42(50)53-3)32-19-20-46(25-36(32)55-41)24-27-11-6-4-7-12-27/h4-18,21-23H,19-20,24-26H2,1-3H3,(H,43,49)(H,44,48)(H,45,47)/b33-21+. The molecule has 0 bridgehead atoms. The molecule has 0 fully saturated rings. The third-order valence-corrected chi connectivity index (χ3v) is 10.9. The summed E-state index contributed by atoms with van der Waals surface area (Å²) in [5.74, 6) is -0.732. The van der Waals surface area contributed by atoms with Crippen LogP contribution in [0, 0.1) is 0 Å². The number of ether oxygens (including phenoxy) is 3. The van der Waals surface area contributed by atoms with Crippen LogP contribution in [-0.4, -0.2) is 62.2 Å². The Bertz CT molecular complexity index is 2210. The smallest absolute Gasteiger partial charge is 0.341 e. The van der Waals surface area contributed by atoms with Gasteiger partial charge in [-0.3, -0.25) is 19.3 Å². The van der Waals surface area contributed by atoms with Crippen LogP contribution in [0.3, 0.4) is 0 Å². The Balaban J connectivity index is 1.13. The first kappa shape index (κ1) is 38.8. The molecule has 1 aliphatic heterocycles. The topological polar surface area (TPSA) is 135 Å². The maximum absolute atomic E-state index is 13.7. The molecule has 13 heteroatoms. The molecule has 5 aromatic rings. The lowest BCUT2D eigenvalue weighted by Gasteiger charge is -2.27. The second-order valence-electron chi connectivity index (χ2n) is 12.5. The van der Waals surface area contributed by atoms with Gasteiger partial charge in [0.2, 0.25) is 5.91 Å². The van der Waals surface area contributed by atoms with E-state index in [2.05, 4.69) is 33.0 Å². The monoisotopic (exact) mass is 776 g/mol. The van der Waals surface area contributed by atoms with Gasteiger partial charge in [0, 0.05) is 40.7 Å². The summed E-state index contributed by atoms with van der Waals surface area (Å²) in [7, 11) is 4.39. The first-order chi connectivity index (χ1) is 26.7. The molecular formula is C42H40N4O7S2. The zero-order chi connectivity index (χ0) is 38.7. The molecule has 1 aromatic heterocycles. The second kappa shape index (κ2) is 18.4. The molecule has 0 atom stereocenters. The summed E-state index contributed by atoms with van der Waals surface area (Å²) in [4.78, 5) is 57.1. The molecule has 0 saturated heterocycles. The van der Waals surface area contributed by atoms with E-state index in [0.717, 1.165) is 28.4 Å². The van der Waals surface area contributed by atoms with Crippen molar-refractivity contribution in [3.05, 3.63) is 142 Å². The third kappa shape index (κ3) is 10.0. The molecule has 11 nitrogen and oxygen atoms in total. The molecule has 0 spiro atoms. The SMILES string of the molecule is COC(=O)c1c(NC(=O)CSc2cccc(NC(=O)/C(=C\c3ccc(OC)c(OC)c3)NC(=O)c3ccccc3)c2)sc2c1CCN(Cc1ccccc1)C2. The summed E-state index contributed by atoms with van der Waals surface area (Å²) < 4.78 is 15.9. The van der Waals surface area contributed by atoms with Crippen molar-refractivity contribution in [2.24, 2.45) is 0 Å². The number of carbonyl (C=O) groups is 4. The van der Waals surface area contributed by atoms with Gasteiger partial charge in [0.1, 0.15) is 10.7 Å². The number of anilines is 2. The quantitative estimate of drug-likeness (QED) is 0.0606. The lowest BCUT2D eigenvalue weighted by Crippen LogP contribution is -2.30. The van der Waals surface area contributed by atoms with Crippen LogP contribution in [0.2, 0.25) is 0 Å². The number of benzene rings is 4. The molecule has 0 aliphatic carbocycles. The average molecular weight is 777 g/mol. The second-order valence-corrected chi connectivity index (χ2v) is 14.6. The van der Waals surface area contributed by atoms with E-state index in [1.54, 1.807) is 72.8 Å². The molecule has 282 valence electrons. The zero-order valence-electron chi connectivity index (χ0n) is 30.5. The first-order valence-corrected chi connectivity index (χ1v) is 19.2. The Morgan fingerprint density at radius 2 is 1.58 bits per heavy atom. The summed E-state index contributed by atoms with van der Waals surface area (Å²) in [5.41, 5.74) is 4.00. The van der Waals surface area contributed by atoms with Crippen molar-refractivity contribution in [3.8, 4) is 11.5 Å². The van der Waals surface area contributed by atoms with E-state index < -0.39 is 17.8 Å². The highest BCUT2D eigenvalue weighted by molar-refractivity contribution is 8.00. The molecule has 4 aromatic carbocycles. The molecule has 55 heavy (non-hydrogen) atoms. The van der Waals surface area contributed by atoms with Gasteiger partial charge in [-0.05, 0) is 71.7 Å². The van der Waals surface area contributed by atoms with E-state index in [1.165, 1.54) is 50.0 Å². The normalized spacial score (nSPS) is 12.6. The molecule has 0 unspecified atom stereocenters. The van der Waals surface area contributed by atoms with Crippen LogP contribution in [0.4, 0.5) is 10.7 Å². The third-order valence-electron chi connectivity index (χ3n) is 8.74. The highest BCUT2D eigenvalue weighted by atomic mass is 32.2. The van der Waals surface area contributed by atoms with Gasteiger partial charge >= 0.3 is 5.97 Å². The summed E-state index contributed by atoms with van der Waals surface area (Å²) in [6.45, 7) is 2.25. The number of hydrogen-bond acceptors (Lipinski definition) is 10. The lowest BCUT2D eigenvalue weighted by atomic mass is 10.0. The van der Waals surface area contributed by atoms with Crippen LogP contribution in [0.5, 0.6) is 11.5 Å². The number of nitrogens with zero attached hydrogens (tertiary/aromatic N) is 1. The Morgan fingerprint density at radius 1 is 0.836 bits per heavy atom. The van der Waals surface area contributed by atoms with Gasteiger partial charge in [-0.1, -0.05) is 60.7 Å². The minimum atomic E-state index is -0.557. The minimum Gasteiger partial charge on any atom is -0.493 e. The Labute approximate surface area is 327 Å². The van der Waals surface area contributed by atoms with Crippen molar-refractivity contribution >= 4 is 63.6 Å². The highest BCUT2D eigenvalue weighted by Crippen LogP contribution is 2.38. The number of fused-ring (bicyclic) bond motifs is 1. The fraction of sp³-hybridized carbons (Fsp3) is 0.190. The van der Waals surface area contributed by atoms with Crippen molar-refractivity contribution < 1.29 is 33.4 Å². The average Bonchev–Trinajstić information content (AvgIpc) is 3.56. The Kier molecular flexibility index (Phi) is 13.0. The van der Waals surface area contributed by atoms with Gasteiger partial charge < -0.3 is 30.2 Å². The van der Waals surface area contributed by atoms with Gasteiger partial charge in [0.25, 0.3) is 11.8 Å². The summed E-state index contributed by atoms with van der Waals surface area (Å²) >= 11 is 2.69. The largest absolute Gasteiger partial charge is 0.493 e. The maximum Gasteiger partial charge on any atom is 0.341 e. The van der Waals surface area contributed by atoms with E-state index in [-0.39, 0.29) is 17.4 Å². The number of carbonyl (C=O) groups excluding carboxylic acids is 4. The number of thiophene rings is 1. The number of hydrogen-bond donors (Lipinski definition) is 3. The fourth-order valence-electron chi connectivity index (χ4n) is 6.06. The predicted octanol–water partition coefficient (Wildman–Crippen LogP) is 7.25. The van der Waals surface area contributed by atoms with E-state index >= 15 is 0 Å². The van der Waals surface area contributed by atoms with E-state index in [4.69, 9.17) is 14.2 Å². The number of rotatable bonds is 14. The van der Waals surface area contributed by atoms with Crippen molar-refractivity contribution in [1.29, 1.82) is 0 Å². The van der Waals surface area contributed by atoms with Crippen molar-refractivity contribution in [2.45, 2.75) is 24.4 Å². The number of amides is 3. The Hall–Kier alpha value is -5.89. The fourth-order valence-corrected chi connectivity index (χ4v) is 8.11. The molecular weight excluding hydrogens is 737 g/mol. The summed E-state index contributed by atoms with van der Waals surface area (Å²) in [6.07, 6.45) is 2.22. The molecule has 3 N–H and O–H groups in total. The lowest BCUT2D eigenvalue weighted by molar-refractivity contribution is -0.114. The van der Waals surface area contributed by atoms with E-state index in [9.17, 15) is 19.2 Å². The number of nitrogens with one attached hydrogen (secondary N) is 3. The van der Waals surface area contributed by atoms with Crippen molar-refractivity contribution in [1.82, 2.24) is 10.2 Å². The van der Waals surface area contributed by atoms with Crippen LogP contribution in [-0.2, 0) is 33.8 Å². The maximum atomic E-state index is 13.7. The summed E-state index contributed by atoms with van der Waals surface area (Å²) in [6, 6.07) is 31.0. The minimum absolute atomic E-state index is 0.00162. The highest BCUT2D eigenvalue weighted by Gasteiger charge is 2.29. The van der Waals surface area contributed by atoms with Crippen molar-refractivity contribution in [3.63, 3.8) is 0 Å². The Morgan fingerprint density at radius 3 is 2.31 bits per heavy atom. The first-order valence-electron chi connectivity index (χ1n) is 17.4. The molecule has 0 radical (unpaired) electrons. The van der Waals surface area contributed by atoms with Gasteiger partial charge in [-0.15, -0.1) is 23.1 Å².